The van der Waals surface area contributed by atoms with E-state index in [1.807, 2.05) is 36.4 Å². The van der Waals surface area contributed by atoms with Crippen molar-refractivity contribution in [2.45, 2.75) is 19.3 Å². The number of aromatic nitrogens is 3. The lowest BCUT2D eigenvalue weighted by atomic mass is 9.72. The summed E-state index contributed by atoms with van der Waals surface area (Å²) >= 11 is 0. The Morgan fingerprint density at radius 3 is 1.31 bits per heavy atom. The molecular weight excluding hydrogens is 719 g/mol. The number of fused-ring (bicyclic) bond motifs is 8. The Labute approximate surface area is 343 Å². The van der Waals surface area contributed by atoms with E-state index >= 15 is 0 Å². The Morgan fingerprint density at radius 2 is 0.797 bits per heavy atom. The molecule has 9 aromatic carbocycles. The van der Waals surface area contributed by atoms with Gasteiger partial charge in [-0.05, 0) is 98.0 Å². The van der Waals surface area contributed by atoms with Crippen LogP contribution in [0.5, 0.6) is 0 Å². The summed E-state index contributed by atoms with van der Waals surface area (Å²) < 4.78 is 0. The lowest BCUT2D eigenvalue weighted by molar-refractivity contribution is 0.632. The van der Waals surface area contributed by atoms with Crippen LogP contribution in [-0.2, 0) is 5.41 Å². The first-order chi connectivity index (χ1) is 29.0. The minimum Gasteiger partial charge on any atom is -0.310 e. The number of nitrogens with zero attached hydrogens (tertiary/aromatic N) is 5. The molecule has 5 nitrogen and oxygen atoms in total. The van der Waals surface area contributed by atoms with Crippen molar-refractivity contribution in [3.05, 3.63) is 211 Å². The standard InChI is InChI=1S/C54H39N5/c1-54(2)47-33-40(58(38-23-11-5-12-24-38)39-25-13-6-14-26-39)31-32-49(47)59(53-56-51(36-19-7-3-8-20-36)55-52(57-53)37-21-9-4-10-22-37)50-35-46-44-30-18-16-28-42(44)41-27-15-17-29-43(41)45(46)34-48(50)54/h3-35H,1-2H3. The van der Waals surface area contributed by atoms with E-state index in [0.717, 1.165) is 39.6 Å². The second kappa shape index (κ2) is 13.8. The molecule has 10 aromatic rings. The second-order valence-corrected chi connectivity index (χ2v) is 15.7. The summed E-state index contributed by atoms with van der Waals surface area (Å²) in [6.45, 7) is 4.71. The quantitative estimate of drug-likeness (QED) is 0.158. The fourth-order valence-electron chi connectivity index (χ4n) is 8.97. The van der Waals surface area contributed by atoms with Gasteiger partial charge in [0.2, 0.25) is 5.95 Å². The van der Waals surface area contributed by atoms with E-state index in [4.69, 9.17) is 15.0 Å². The third-order valence-corrected chi connectivity index (χ3v) is 11.8. The molecule has 5 heteroatoms. The zero-order valence-corrected chi connectivity index (χ0v) is 32.8. The minimum absolute atomic E-state index is 0.422. The molecule has 0 saturated heterocycles. The molecule has 0 aliphatic carbocycles. The fourth-order valence-corrected chi connectivity index (χ4v) is 8.97. The summed E-state index contributed by atoms with van der Waals surface area (Å²) in [7, 11) is 0. The van der Waals surface area contributed by atoms with Crippen molar-refractivity contribution in [3.63, 3.8) is 0 Å². The zero-order valence-electron chi connectivity index (χ0n) is 32.8. The van der Waals surface area contributed by atoms with Crippen LogP contribution in [0.15, 0.2) is 200 Å². The highest BCUT2D eigenvalue weighted by Gasteiger charge is 2.39. The van der Waals surface area contributed by atoms with Crippen LogP contribution in [0.3, 0.4) is 0 Å². The predicted molar refractivity (Wildman–Crippen MR) is 245 cm³/mol. The Balaban J connectivity index is 1.23. The minimum atomic E-state index is -0.422. The number of rotatable bonds is 6. The van der Waals surface area contributed by atoms with Crippen LogP contribution in [-0.4, -0.2) is 15.0 Å². The lowest BCUT2D eigenvalue weighted by Gasteiger charge is -2.42. The van der Waals surface area contributed by atoms with E-state index in [1.165, 1.54) is 43.4 Å². The van der Waals surface area contributed by atoms with Crippen molar-refractivity contribution in [2.75, 3.05) is 9.80 Å². The Morgan fingerprint density at radius 1 is 0.373 bits per heavy atom. The van der Waals surface area contributed by atoms with Gasteiger partial charge in [0.15, 0.2) is 11.6 Å². The zero-order chi connectivity index (χ0) is 39.5. The van der Waals surface area contributed by atoms with Crippen LogP contribution < -0.4 is 9.80 Å². The second-order valence-electron chi connectivity index (χ2n) is 15.7. The van der Waals surface area contributed by atoms with Gasteiger partial charge in [-0.1, -0.05) is 159 Å². The average molecular weight is 758 g/mol. The largest absolute Gasteiger partial charge is 0.310 e. The van der Waals surface area contributed by atoms with Gasteiger partial charge in [0.1, 0.15) is 0 Å². The van der Waals surface area contributed by atoms with E-state index in [9.17, 15) is 0 Å². The molecule has 0 unspecified atom stereocenters. The molecule has 2 heterocycles. The van der Waals surface area contributed by atoms with Crippen molar-refractivity contribution in [1.29, 1.82) is 0 Å². The third-order valence-electron chi connectivity index (χ3n) is 11.8. The maximum Gasteiger partial charge on any atom is 0.238 e. The predicted octanol–water partition coefficient (Wildman–Crippen LogP) is 14.2. The van der Waals surface area contributed by atoms with Crippen molar-refractivity contribution in [1.82, 2.24) is 15.0 Å². The number of para-hydroxylation sites is 2. The summed E-state index contributed by atoms with van der Waals surface area (Å²) in [5.41, 5.74) is 9.14. The molecule has 0 fully saturated rings. The molecule has 0 bridgehead atoms. The van der Waals surface area contributed by atoms with E-state index in [0.29, 0.717) is 17.6 Å². The van der Waals surface area contributed by atoms with Gasteiger partial charge in [0.25, 0.3) is 0 Å². The smallest absolute Gasteiger partial charge is 0.238 e. The van der Waals surface area contributed by atoms with Gasteiger partial charge in [-0.2, -0.15) is 9.97 Å². The SMILES string of the molecule is CC1(C)c2cc(N(c3ccccc3)c3ccccc3)ccc2N(c2nc(-c3ccccc3)nc(-c3ccccc3)n2)c2cc3c4ccccc4c4ccccc4c3cc21. The van der Waals surface area contributed by atoms with Crippen LogP contribution in [0.1, 0.15) is 25.0 Å². The Hall–Kier alpha value is -7.63. The van der Waals surface area contributed by atoms with E-state index in [-0.39, 0.29) is 0 Å². The van der Waals surface area contributed by atoms with Gasteiger partial charge in [-0.3, -0.25) is 4.90 Å². The molecule has 1 aliphatic rings. The first-order valence-corrected chi connectivity index (χ1v) is 20.1. The lowest BCUT2D eigenvalue weighted by Crippen LogP contribution is -2.32. The average Bonchev–Trinajstić information content (AvgIpc) is 3.30. The van der Waals surface area contributed by atoms with Crippen molar-refractivity contribution in [2.24, 2.45) is 0 Å². The molecule has 0 spiro atoms. The van der Waals surface area contributed by atoms with Crippen molar-refractivity contribution >= 4 is 66.7 Å². The number of benzene rings is 9. The molecule has 1 aromatic heterocycles. The van der Waals surface area contributed by atoms with Crippen molar-refractivity contribution < 1.29 is 0 Å². The van der Waals surface area contributed by atoms with Gasteiger partial charge in [-0.15, -0.1) is 0 Å². The summed E-state index contributed by atoms with van der Waals surface area (Å²) in [6.07, 6.45) is 0. The molecule has 0 atom stereocenters. The van der Waals surface area contributed by atoms with Crippen LogP contribution in [0.2, 0.25) is 0 Å². The maximum absolute atomic E-state index is 5.34. The van der Waals surface area contributed by atoms with Crippen LogP contribution in [0, 0.1) is 0 Å². The molecule has 0 amide bonds. The van der Waals surface area contributed by atoms with Gasteiger partial charge < -0.3 is 4.90 Å². The third kappa shape index (κ3) is 5.73. The van der Waals surface area contributed by atoms with Gasteiger partial charge in [-0.25, -0.2) is 4.98 Å². The maximum atomic E-state index is 5.34. The molecular formula is C54H39N5. The first-order valence-electron chi connectivity index (χ1n) is 20.1. The number of hydrogen-bond donors (Lipinski definition) is 0. The van der Waals surface area contributed by atoms with Crippen LogP contribution in [0.25, 0.3) is 55.1 Å². The van der Waals surface area contributed by atoms with E-state index in [1.54, 1.807) is 0 Å². The van der Waals surface area contributed by atoms with Crippen LogP contribution in [0.4, 0.5) is 34.4 Å². The molecule has 280 valence electrons. The first kappa shape index (κ1) is 34.6. The number of hydrogen-bond acceptors (Lipinski definition) is 5. The highest BCUT2D eigenvalue weighted by molar-refractivity contribution is 6.26. The van der Waals surface area contributed by atoms with Gasteiger partial charge in [0, 0.05) is 33.6 Å². The molecule has 0 saturated carbocycles. The molecule has 0 radical (unpaired) electrons. The summed E-state index contributed by atoms with van der Waals surface area (Å²) in [5.74, 6) is 1.81. The topological polar surface area (TPSA) is 45.2 Å². The monoisotopic (exact) mass is 757 g/mol. The Bertz CT molecular complexity index is 3090. The summed E-state index contributed by atoms with van der Waals surface area (Å²) in [4.78, 5) is 20.4. The van der Waals surface area contributed by atoms with Gasteiger partial charge in [0.05, 0.1) is 11.4 Å². The highest BCUT2D eigenvalue weighted by atomic mass is 15.3. The number of anilines is 6. The fraction of sp³-hybridized carbons (Fsp3) is 0.0556. The normalized spacial score (nSPS) is 13.0. The van der Waals surface area contributed by atoms with Crippen LogP contribution >= 0.6 is 0 Å². The molecule has 59 heavy (non-hydrogen) atoms. The molecule has 0 N–H and O–H groups in total. The molecule has 1 aliphatic heterocycles. The van der Waals surface area contributed by atoms with E-state index in [2.05, 4.69) is 187 Å². The summed E-state index contributed by atoms with van der Waals surface area (Å²) in [6, 6.07) is 70.9. The molecule has 11 rings (SSSR count). The van der Waals surface area contributed by atoms with Gasteiger partial charge >= 0.3 is 0 Å². The summed E-state index contributed by atoms with van der Waals surface area (Å²) in [5, 5.41) is 7.37. The van der Waals surface area contributed by atoms with Crippen molar-refractivity contribution in [3.8, 4) is 22.8 Å². The highest BCUT2D eigenvalue weighted by Crippen LogP contribution is 2.55. The van der Waals surface area contributed by atoms with E-state index < -0.39 is 5.41 Å². The Kier molecular flexibility index (Phi) is 8.09.